The van der Waals surface area contributed by atoms with Crippen molar-refractivity contribution in [1.29, 1.82) is 0 Å². The highest BCUT2D eigenvalue weighted by molar-refractivity contribution is 7.89. The van der Waals surface area contributed by atoms with Crippen molar-refractivity contribution < 1.29 is 13.2 Å². The van der Waals surface area contributed by atoms with Crippen LogP contribution in [0.4, 0.5) is 0 Å². The van der Waals surface area contributed by atoms with Gasteiger partial charge in [-0.15, -0.1) is 21.5 Å². The van der Waals surface area contributed by atoms with E-state index in [2.05, 4.69) is 14.9 Å². The number of benzene rings is 1. The highest BCUT2D eigenvalue weighted by Gasteiger charge is 2.13. The van der Waals surface area contributed by atoms with Gasteiger partial charge in [-0.25, -0.2) is 13.1 Å². The molecule has 0 aliphatic carbocycles. The molecule has 8 heteroatoms. The third kappa shape index (κ3) is 4.62. The van der Waals surface area contributed by atoms with Crippen molar-refractivity contribution in [2.75, 3.05) is 13.2 Å². The minimum atomic E-state index is -3.54. The van der Waals surface area contributed by atoms with Gasteiger partial charge >= 0.3 is 0 Å². The summed E-state index contributed by atoms with van der Waals surface area (Å²) in [4.78, 5) is 1.28. The Labute approximate surface area is 150 Å². The van der Waals surface area contributed by atoms with E-state index in [4.69, 9.17) is 4.74 Å². The first-order valence-electron chi connectivity index (χ1n) is 7.61. The highest BCUT2D eigenvalue weighted by Crippen LogP contribution is 2.22. The maximum Gasteiger partial charge on any atom is 0.240 e. The van der Waals surface area contributed by atoms with Gasteiger partial charge in [0.2, 0.25) is 15.9 Å². The molecule has 130 valence electrons. The molecule has 0 radical (unpaired) electrons. The molecule has 0 aliphatic rings. The first-order chi connectivity index (χ1) is 12.0. The van der Waals surface area contributed by atoms with E-state index in [0.717, 1.165) is 16.1 Å². The molecule has 0 bridgehead atoms. The lowest BCUT2D eigenvalue weighted by Gasteiger charge is -2.08. The van der Waals surface area contributed by atoms with E-state index in [1.54, 1.807) is 35.6 Å². The van der Waals surface area contributed by atoms with Gasteiger partial charge in [-0.2, -0.15) is 0 Å². The van der Waals surface area contributed by atoms with Gasteiger partial charge in [-0.3, -0.25) is 0 Å². The number of ether oxygens (including phenoxy) is 1. The van der Waals surface area contributed by atoms with Gasteiger partial charge in [0.25, 0.3) is 0 Å². The van der Waals surface area contributed by atoms with Crippen LogP contribution in [0.25, 0.3) is 10.6 Å². The summed E-state index contributed by atoms with van der Waals surface area (Å²) in [6.45, 7) is 2.16. The molecule has 1 N–H and O–H groups in total. The number of sulfonamides is 1. The van der Waals surface area contributed by atoms with Gasteiger partial charge in [-0.05, 0) is 42.1 Å². The summed E-state index contributed by atoms with van der Waals surface area (Å²) in [6.07, 6.45) is 0. The average molecular weight is 375 g/mol. The molecule has 0 saturated heterocycles. The van der Waals surface area contributed by atoms with Crippen LogP contribution in [0.5, 0.6) is 5.88 Å². The van der Waals surface area contributed by atoms with Gasteiger partial charge in [0.1, 0.15) is 12.3 Å². The van der Waals surface area contributed by atoms with E-state index in [1.807, 2.05) is 36.6 Å². The lowest BCUT2D eigenvalue weighted by atomic mass is 10.2. The zero-order valence-electron chi connectivity index (χ0n) is 13.5. The van der Waals surface area contributed by atoms with E-state index < -0.39 is 10.0 Å². The van der Waals surface area contributed by atoms with E-state index in [9.17, 15) is 8.42 Å². The molecule has 1 aromatic carbocycles. The summed E-state index contributed by atoms with van der Waals surface area (Å²) in [7, 11) is -3.54. The summed E-state index contributed by atoms with van der Waals surface area (Å²) in [5, 5.41) is 10.1. The number of aryl methyl sites for hydroxylation is 1. The quantitative estimate of drug-likeness (QED) is 0.642. The number of thiophene rings is 1. The van der Waals surface area contributed by atoms with Crippen molar-refractivity contribution in [3.05, 3.63) is 59.5 Å². The first-order valence-corrected chi connectivity index (χ1v) is 9.98. The highest BCUT2D eigenvalue weighted by atomic mass is 32.2. The monoisotopic (exact) mass is 375 g/mol. The van der Waals surface area contributed by atoms with Crippen LogP contribution < -0.4 is 9.46 Å². The van der Waals surface area contributed by atoms with Gasteiger partial charge in [0.15, 0.2) is 0 Å². The van der Waals surface area contributed by atoms with Crippen molar-refractivity contribution >= 4 is 21.4 Å². The Bertz CT molecular complexity index is 924. The molecule has 3 rings (SSSR count). The molecule has 6 nitrogen and oxygen atoms in total. The van der Waals surface area contributed by atoms with Crippen molar-refractivity contribution in [2.24, 2.45) is 0 Å². The maximum atomic E-state index is 12.2. The predicted octanol–water partition coefficient (Wildman–Crippen LogP) is 2.87. The zero-order chi connectivity index (χ0) is 17.7. The second-order valence-corrected chi connectivity index (χ2v) is 8.01. The van der Waals surface area contributed by atoms with Gasteiger partial charge in [0.05, 0.1) is 9.77 Å². The van der Waals surface area contributed by atoms with Crippen molar-refractivity contribution in [1.82, 2.24) is 14.9 Å². The molecule has 2 heterocycles. The van der Waals surface area contributed by atoms with Crippen LogP contribution in [0.2, 0.25) is 0 Å². The van der Waals surface area contributed by atoms with Crippen LogP contribution in [-0.4, -0.2) is 31.8 Å². The summed E-state index contributed by atoms with van der Waals surface area (Å²) >= 11 is 1.58. The summed E-state index contributed by atoms with van der Waals surface area (Å²) in [5.74, 6) is 0.357. The molecule has 0 spiro atoms. The predicted molar refractivity (Wildman–Crippen MR) is 97.2 cm³/mol. The summed E-state index contributed by atoms with van der Waals surface area (Å²) in [6, 6.07) is 14.2. The third-order valence-electron chi connectivity index (χ3n) is 3.36. The van der Waals surface area contributed by atoms with Gasteiger partial charge in [-0.1, -0.05) is 18.2 Å². The number of hydrogen-bond donors (Lipinski definition) is 1. The number of rotatable bonds is 7. The molecule has 2 aromatic heterocycles. The largest absolute Gasteiger partial charge is 0.475 e. The van der Waals surface area contributed by atoms with Gasteiger partial charge < -0.3 is 4.74 Å². The van der Waals surface area contributed by atoms with Crippen LogP contribution >= 0.6 is 11.3 Å². The lowest BCUT2D eigenvalue weighted by molar-refractivity contribution is 0.307. The van der Waals surface area contributed by atoms with Crippen molar-refractivity contribution in [3.63, 3.8) is 0 Å². The molecule has 0 atom stereocenters. The fraction of sp³-hybridized carbons (Fsp3) is 0.176. The third-order valence-corrected chi connectivity index (χ3v) is 5.71. The summed E-state index contributed by atoms with van der Waals surface area (Å²) < 4.78 is 32.3. The molecule has 0 fully saturated rings. The van der Waals surface area contributed by atoms with Crippen LogP contribution in [-0.2, 0) is 10.0 Å². The molecule has 0 saturated carbocycles. The standard InChI is InChI=1S/C17H17N3O3S2/c1-13-4-2-5-14(12-13)25(21,22)18-9-10-23-17-8-7-15(19-20-17)16-6-3-11-24-16/h2-8,11-12,18H,9-10H2,1H3. The fourth-order valence-electron chi connectivity index (χ4n) is 2.15. The second-order valence-electron chi connectivity index (χ2n) is 5.30. The van der Waals surface area contributed by atoms with Crippen LogP contribution in [0, 0.1) is 6.92 Å². The zero-order valence-corrected chi connectivity index (χ0v) is 15.2. The molecule has 0 unspecified atom stereocenters. The van der Waals surface area contributed by atoms with Crippen LogP contribution in [0.3, 0.4) is 0 Å². The molecule has 0 aliphatic heterocycles. The van der Waals surface area contributed by atoms with E-state index in [1.165, 1.54) is 0 Å². The average Bonchev–Trinajstić information content (AvgIpc) is 3.14. The Morgan fingerprint density at radius 1 is 1.12 bits per heavy atom. The topological polar surface area (TPSA) is 81.2 Å². The Hall–Kier alpha value is -2.29. The Balaban J connectivity index is 1.51. The molecule has 0 amide bonds. The van der Waals surface area contributed by atoms with E-state index in [-0.39, 0.29) is 18.0 Å². The van der Waals surface area contributed by atoms with Crippen LogP contribution in [0.15, 0.2) is 58.8 Å². The minimum Gasteiger partial charge on any atom is -0.475 e. The number of nitrogens with one attached hydrogen (secondary N) is 1. The smallest absolute Gasteiger partial charge is 0.240 e. The van der Waals surface area contributed by atoms with Crippen molar-refractivity contribution in [2.45, 2.75) is 11.8 Å². The first kappa shape index (κ1) is 17.5. The summed E-state index contributed by atoms with van der Waals surface area (Å²) in [5.41, 5.74) is 1.67. The number of nitrogens with zero attached hydrogens (tertiary/aromatic N) is 2. The number of aromatic nitrogens is 2. The maximum absolute atomic E-state index is 12.2. The lowest BCUT2D eigenvalue weighted by Crippen LogP contribution is -2.28. The normalized spacial score (nSPS) is 11.4. The van der Waals surface area contributed by atoms with E-state index in [0.29, 0.717) is 5.88 Å². The molecule has 3 aromatic rings. The van der Waals surface area contributed by atoms with E-state index >= 15 is 0 Å². The number of hydrogen-bond acceptors (Lipinski definition) is 6. The molecular weight excluding hydrogens is 358 g/mol. The fourth-order valence-corrected chi connectivity index (χ4v) is 3.96. The molecular formula is C17H17N3O3S2. The minimum absolute atomic E-state index is 0.143. The SMILES string of the molecule is Cc1cccc(S(=O)(=O)NCCOc2ccc(-c3cccs3)nn2)c1. The Morgan fingerprint density at radius 3 is 2.68 bits per heavy atom. The molecule has 25 heavy (non-hydrogen) atoms. The Morgan fingerprint density at radius 2 is 2.00 bits per heavy atom. The van der Waals surface area contributed by atoms with Gasteiger partial charge in [0, 0.05) is 12.6 Å². The van der Waals surface area contributed by atoms with Crippen molar-refractivity contribution in [3.8, 4) is 16.5 Å². The second kappa shape index (κ2) is 7.73. The Kier molecular flexibility index (Phi) is 5.42. The van der Waals surface area contributed by atoms with Crippen LogP contribution in [0.1, 0.15) is 5.56 Å².